The summed E-state index contributed by atoms with van der Waals surface area (Å²) in [6.45, 7) is 1.86. The van der Waals surface area contributed by atoms with Crippen molar-refractivity contribution in [1.82, 2.24) is 10.6 Å². The topological polar surface area (TPSA) is 41.1 Å². The Labute approximate surface area is 89.4 Å². The molecular weight excluding hydrogens is 196 g/mol. The van der Waals surface area contributed by atoms with Gasteiger partial charge in [-0.05, 0) is 31.6 Å². The minimum Gasteiger partial charge on any atom is -0.354 e. The summed E-state index contributed by atoms with van der Waals surface area (Å²) in [5, 5.41) is 6.81. The smallest absolute Gasteiger partial charge is 0.237 e. The van der Waals surface area contributed by atoms with Gasteiger partial charge in [0.1, 0.15) is 0 Å². The van der Waals surface area contributed by atoms with Crippen LogP contribution in [0.15, 0.2) is 0 Å². The van der Waals surface area contributed by atoms with E-state index in [4.69, 9.17) is 0 Å². The lowest BCUT2D eigenvalue weighted by atomic mass is 10.1. The fourth-order valence-corrected chi connectivity index (χ4v) is 3.06. The Morgan fingerprint density at radius 2 is 2.29 bits per heavy atom. The number of carbonyl (C=O) groups is 1. The van der Waals surface area contributed by atoms with E-state index in [9.17, 15) is 4.79 Å². The third kappa shape index (κ3) is 2.64. The van der Waals surface area contributed by atoms with Crippen molar-refractivity contribution >= 4 is 17.7 Å². The Morgan fingerprint density at radius 1 is 1.43 bits per heavy atom. The predicted octanol–water partition coefficient (Wildman–Crippen LogP) is 0.750. The van der Waals surface area contributed by atoms with E-state index >= 15 is 0 Å². The Balaban J connectivity index is 1.62. The van der Waals surface area contributed by atoms with Crippen molar-refractivity contribution < 1.29 is 4.79 Å². The Hall–Kier alpha value is -0.220. The zero-order chi connectivity index (χ0) is 9.80. The second kappa shape index (κ2) is 5.03. The molecule has 1 amide bonds. The molecule has 0 aromatic rings. The highest BCUT2D eigenvalue weighted by atomic mass is 32.2. The zero-order valence-corrected chi connectivity index (χ0v) is 9.24. The van der Waals surface area contributed by atoms with Gasteiger partial charge in [-0.2, -0.15) is 11.8 Å². The molecule has 2 N–H and O–H groups in total. The number of carbonyl (C=O) groups excluding carboxylic acids is 1. The molecule has 0 radical (unpaired) electrons. The van der Waals surface area contributed by atoms with Crippen LogP contribution >= 0.6 is 11.8 Å². The van der Waals surface area contributed by atoms with Crippen molar-refractivity contribution in [3.63, 3.8) is 0 Å². The largest absolute Gasteiger partial charge is 0.354 e. The lowest BCUT2D eigenvalue weighted by Crippen LogP contribution is -2.54. The van der Waals surface area contributed by atoms with Gasteiger partial charge >= 0.3 is 0 Å². The molecule has 0 aliphatic carbocycles. The number of amides is 1. The Kier molecular flexibility index (Phi) is 3.70. The molecule has 2 unspecified atom stereocenters. The van der Waals surface area contributed by atoms with Gasteiger partial charge in [-0.3, -0.25) is 4.79 Å². The summed E-state index contributed by atoms with van der Waals surface area (Å²) in [7, 11) is 0. The van der Waals surface area contributed by atoms with Crippen LogP contribution in [0.5, 0.6) is 0 Å². The van der Waals surface area contributed by atoms with E-state index in [0.29, 0.717) is 5.25 Å². The van der Waals surface area contributed by atoms with Crippen molar-refractivity contribution in [3.05, 3.63) is 0 Å². The summed E-state index contributed by atoms with van der Waals surface area (Å²) >= 11 is 2.01. The highest BCUT2D eigenvalue weighted by Crippen LogP contribution is 2.24. The number of rotatable bonds is 3. The Bertz CT molecular complexity index is 200. The first-order chi connectivity index (χ1) is 6.86. The van der Waals surface area contributed by atoms with Crippen LogP contribution in [0.2, 0.25) is 0 Å². The number of nitrogens with one attached hydrogen (secondary N) is 2. The van der Waals surface area contributed by atoms with E-state index < -0.39 is 0 Å². The van der Waals surface area contributed by atoms with E-state index in [2.05, 4.69) is 10.6 Å². The molecule has 2 atom stereocenters. The van der Waals surface area contributed by atoms with Crippen molar-refractivity contribution in [2.24, 2.45) is 0 Å². The molecule has 2 heterocycles. The molecule has 2 fully saturated rings. The van der Waals surface area contributed by atoms with Crippen molar-refractivity contribution in [1.29, 1.82) is 0 Å². The molecule has 80 valence electrons. The van der Waals surface area contributed by atoms with Gasteiger partial charge in [0.15, 0.2) is 0 Å². The second-order valence-electron chi connectivity index (χ2n) is 4.03. The van der Waals surface area contributed by atoms with E-state index in [-0.39, 0.29) is 11.9 Å². The van der Waals surface area contributed by atoms with Crippen LogP contribution < -0.4 is 10.6 Å². The van der Waals surface area contributed by atoms with Crippen LogP contribution in [0.3, 0.4) is 0 Å². The highest BCUT2D eigenvalue weighted by molar-refractivity contribution is 7.99. The van der Waals surface area contributed by atoms with Crippen LogP contribution in [0.1, 0.15) is 25.7 Å². The molecule has 14 heavy (non-hydrogen) atoms. The molecule has 2 saturated heterocycles. The van der Waals surface area contributed by atoms with E-state index in [0.717, 1.165) is 19.5 Å². The maximum absolute atomic E-state index is 11.5. The molecule has 0 bridgehead atoms. The molecular formula is C10H18N2OS. The normalized spacial score (nSPS) is 32.0. The summed E-state index contributed by atoms with van der Waals surface area (Å²) in [5.41, 5.74) is 0. The van der Waals surface area contributed by atoms with Crippen LogP contribution in [-0.2, 0) is 4.79 Å². The van der Waals surface area contributed by atoms with Gasteiger partial charge in [-0.1, -0.05) is 6.42 Å². The maximum Gasteiger partial charge on any atom is 0.237 e. The standard InChI is InChI=1S/C10H18N2OS/c13-10(9-4-5-11-9)12-7-8-3-1-2-6-14-8/h8-9,11H,1-7H2,(H,12,13). The summed E-state index contributed by atoms with van der Waals surface area (Å²) in [6, 6.07) is 0.101. The third-order valence-electron chi connectivity index (χ3n) is 2.92. The van der Waals surface area contributed by atoms with Gasteiger partial charge in [-0.25, -0.2) is 0 Å². The van der Waals surface area contributed by atoms with Gasteiger partial charge in [-0.15, -0.1) is 0 Å². The molecule has 2 aliphatic rings. The van der Waals surface area contributed by atoms with Crippen LogP contribution in [0.4, 0.5) is 0 Å². The summed E-state index contributed by atoms with van der Waals surface area (Å²) in [4.78, 5) is 11.5. The first-order valence-electron chi connectivity index (χ1n) is 5.49. The number of thioether (sulfide) groups is 1. The highest BCUT2D eigenvalue weighted by Gasteiger charge is 2.24. The lowest BCUT2D eigenvalue weighted by Gasteiger charge is -2.28. The van der Waals surface area contributed by atoms with E-state index in [1.54, 1.807) is 0 Å². The predicted molar refractivity (Wildman–Crippen MR) is 59.5 cm³/mol. The van der Waals surface area contributed by atoms with Gasteiger partial charge in [0, 0.05) is 11.8 Å². The third-order valence-corrected chi connectivity index (χ3v) is 4.32. The van der Waals surface area contributed by atoms with E-state index in [1.807, 2.05) is 11.8 Å². The minimum absolute atomic E-state index is 0.101. The fourth-order valence-electron chi connectivity index (χ4n) is 1.82. The number of hydrogen-bond acceptors (Lipinski definition) is 3. The van der Waals surface area contributed by atoms with Crippen LogP contribution in [0.25, 0.3) is 0 Å². The van der Waals surface area contributed by atoms with Crippen molar-refractivity contribution in [2.75, 3.05) is 18.8 Å². The van der Waals surface area contributed by atoms with Crippen LogP contribution in [-0.4, -0.2) is 36.0 Å². The maximum atomic E-state index is 11.5. The SMILES string of the molecule is O=C(NCC1CCCCS1)C1CCN1. The number of hydrogen-bond donors (Lipinski definition) is 2. The molecule has 2 aliphatic heterocycles. The van der Waals surface area contributed by atoms with Crippen molar-refractivity contribution in [3.8, 4) is 0 Å². The van der Waals surface area contributed by atoms with Gasteiger partial charge in [0.05, 0.1) is 6.04 Å². The molecule has 0 spiro atoms. The monoisotopic (exact) mass is 214 g/mol. The summed E-state index contributed by atoms with van der Waals surface area (Å²) in [6.07, 6.45) is 4.95. The van der Waals surface area contributed by atoms with Gasteiger partial charge < -0.3 is 10.6 Å². The fraction of sp³-hybridized carbons (Fsp3) is 0.900. The van der Waals surface area contributed by atoms with E-state index in [1.165, 1.54) is 25.0 Å². The molecule has 0 aromatic heterocycles. The quantitative estimate of drug-likeness (QED) is 0.728. The first-order valence-corrected chi connectivity index (χ1v) is 6.54. The average molecular weight is 214 g/mol. The lowest BCUT2D eigenvalue weighted by molar-refractivity contribution is -0.124. The molecule has 0 aromatic carbocycles. The summed E-state index contributed by atoms with van der Waals surface area (Å²) < 4.78 is 0. The zero-order valence-electron chi connectivity index (χ0n) is 8.42. The molecule has 2 rings (SSSR count). The second-order valence-corrected chi connectivity index (χ2v) is 5.44. The molecule has 4 heteroatoms. The molecule has 3 nitrogen and oxygen atoms in total. The Morgan fingerprint density at radius 3 is 2.86 bits per heavy atom. The van der Waals surface area contributed by atoms with Gasteiger partial charge in [0.2, 0.25) is 5.91 Å². The van der Waals surface area contributed by atoms with Gasteiger partial charge in [0.25, 0.3) is 0 Å². The first kappa shape index (κ1) is 10.3. The van der Waals surface area contributed by atoms with Crippen LogP contribution in [0, 0.1) is 0 Å². The average Bonchev–Trinajstić information content (AvgIpc) is 2.14. The minimum atomic E-state index is 0.101. The molecule has 0 saturated carbocycles. The van der Waals surface area contributed by atoms with Crippen molar-refractivity contribution in [2.45, 2.75) is 37.0 Å². The summed E-state index contributed by atoms with van der Waals surface area (Å²) in [5.74, 6) is 1.46.